The average Bonchev–Trinajstić information content (AvgIpc) is 2.39. The molecule has 0 unspecified atom stereocenters. The van der Waals surface area contributed by atoms with Gasteiger partial charge in [-0.05, 0) is 45.1 Å². The second kappa shape index (κ2) is 5.65. The molecule has 5 heteroatoms. The molecule has 94 valence electrons. The van der Waals surface area contributed by atoms with Crippen molar-refractivity contribution in [1.29, 1.82) is 0 Å². The van der Waals surface area contributed by atoms with Gasteiger partial charge in [-0.3, -0.25) is 0 Å². The van der Waals surface area contributed by atoms with Crippen LogP contribution in [-0.2, 0) is 5.88 Å². The van der Waals surface area contributed by atoms with E-state index in [4.69, 9.17) is 11.6 Å². The van der Waals surface area contributed by atoms with Crippen LogP contribution in [0.2, 0.25) is 0 Å². The summed E-state index contributed by atoms with van der Waals surface area (Å²) in [6, 6.07) is 4.52. The Hall–Kier alpha value is -0.870. The first-order chi connectivity index (χ1) is 8.20. The number of hydrogen-bond acceptors (Lipinski definition) is 4. The third-order valence-corrected chi connectivity index (χ3v) is 3.71. The molecule has 0 saturated carbocycles. The van der Waals surface area contributed by atoms with Crippen LogP contribution in [-0.4, -0.2) is 48.3 Å². The van der Waals surface area contributed by atoms with E-state index in [-0.39, 0.29) is 0 Å². The summed E-state index contributed by atoms with van der Waals surface area (Å²) in [5.41, 5.74) is 0.826. The molecule has 1 aliphatic rings. The molecule has 4 nitrogen and oxygen atoms in total. The number of hydrogen-bond donors (Lipinski definition) is 0. The molecule has 0 atom stereocenters. The Balaban J connectivity index is 2.00. The Morgan fingerprint density at radius 3 is 2.59 bits per heavy atom. The largest absolute Gasteiger partial charge is 0.355 e. The topological polar surface area (TPSA) is 32.3 Å². The monoisotopic (exact) mass is 254 g/mol. The van der Waals surface area contributed by atoms with Crippen molar-refractivity contribution in [2.45, 2.75) is 24.8 Å². The molecule has 0 radical (unpaired) electrons. The number of anilines is 1. The maximum atomic E-state index is 5.70. The minimum Gasteiger partial charge on any atom is -0.355 e. The van der Waals surface area contributed by atoms with Crippen molar-refractivity contribution in [3.05, 3.63) is 17.8 Å². The van der Waals surface area contributed by atoms with Crippen molar-refractivity contribution >= 4 is 17.4 Å². The van der Waals surface area contributed by atoms with Gasteiger partial charge in [0, 0.05) is 13.1 Å². The van der Waals surface area contributed by atoms with Gasteiger partial charge in [-0.2, -0.15) is 5.10 Å². The number of nitrogens with zero attached hydrogens (tertiary/aromatic N) is 4. The molecule has 0 aliphatic carbocycles. The molecular formula is C12H19ClN4. The summed E-state index contributed by atoms with van der Waals surface area (Å²) in [5.74, 6) is 1.36. The first kappa shape index (κ1) is 12.6. The van der Waals surface area contributed by atoms with E-state index >= 15 is 0 Å². The fraction of sp³-hybridized carbons (Fsp3) is 0.667. The van der Waals surface area contributed by atoms with Crippen LogP contribution < -0.4 is 4.90 Å². The predicted molar refractivity (Wildman–Crippen MR) is 70.5 cm³/mol. The van der Waals surface area contributed by atoms with Gasteiger partial charge in [0.1, 0.15) is 0 Å². The molecule has 0 N–H and O–H groups in total. The minimum atomic E-state index is 0.422. The first-order valence-electron chi connectivity index (χ1n) is 6.00. The van der Waals surface area contributed by atoms with Gasteiger partial charge in [0.05, 0.1) is 11.6 Å². The van der Waals surface area contributed by atoms with Crippen LogP contribution in [0, 0.1) is 0 Å². The third-order valence-electron chi connectivity index (χ3n) is 3.44. The predicted octanol–water partition coefficient (Wildman–Crippen LogP) is 1.75. The number of alkyl halides is 1. The van der Waals surface area contributed by atoms with Crippen molar-refractivity contribution in [3.8, 4) is 0 Å². The Morgan fingerprint density at radius 2 is 2.06 bits per heavy atom. The highest BCUT2D eigenvalue weighted by atomic mass is 35.5. The summed E-state index contributed by atoms with van der Waals surface area (Å²) in [6.45, 7) is 2.31. The van der Waals surface area contributed by atoms with Crippen molar-refractivity contribution in [2.24, 2.45) is 0 Å². The van der Waals surface area contributed by atoms with Crippen molar-refractivity contribution in [1.82, 2.24) is 15.1 Å². The van der Waals surface area contributed by atoms with Crippen LogP contribution in [0.4, 0.5) is 5.82 Å². The summed E-state index contributed by atoms with van der Waals surface area (Å²) in [6.07, 6.45) is 2.37. The molecule has 0 amide bonds. The number of piperidine rings is 1. The highest BCUT2D eigenvalue weighted by Gasteiger charge is 2.21. The van der Waals surface area contributed by atoms with Crippen molar-refractivity contribution in [3.63, 3.8) is 0 Å². The van der Waals surface area contributed by atoms with Crippen LogP contribution >= 0.6 is 11.6 Å². The Bertz CT molecular complexity index is 346. The molecule has 1 fully saturated rings. The average molecular weight is 255 g/mol. The maximum absolute atomic E-state index is 5.70. The molecular weight excluding hydrogens is 236 g/mol. The molecule has 1 aromatic heterocycles. The smallest absolute Gasteiger partial charge is 0.151 e. The van der Waals surface area contributed by atoms with Crippen LogP contribution in [0.3, 0.4) is 0 Å². The highest BCUT2D eigenvalue weighted by molar-refractivity contribution is 6.16. The second-order valence-electron chi connectivity index (χ2n) is 4.66. The first-order valence-corrected chi connectivity index (χ1v) is 6.54. The normalized spacial score (nSPS) is 18.3. The van der Waals surface area contributed by atoms with E-state index in [1.54, 1.807) is 0 Å². The lowest BCUT2D eigenvalue weighted by Gasteiger charge is -2.35. The standard InChI is InChI=1S/C12H19ClN4/c1-16-7-5-11(6-8-16)17(2)12-4-3-10(9-13)14-15-12/h3-4,11H,5-9H2,1-2H3. The Kier molecular flexibility index (Phi) is 4.18. The number of aromatic nitrogens is 2. The van der Waals surface area contributed by atoms with Crippen LogP contribution in [0.1, 0.15) is 18.5 Å². The minimum absolute atomic E-state index is 0.422. The summed E-state index contributed by atoms with van der Waals surface area (Å²) < 4.78 is 0. The van der Waals surface area contributed by atoms with Gasteiger partial charge >= 0.3 is 0 Å². The van der Waals surface area contributed by atoms with Crippen LogP contribution in [0.25, 0.3) is 0 Å². The number of likely N-dealkylation sites (tertiary alicyclic amines) is 1. The van der Waals surface area contributed by atoms with E-state index in [0.29, 0.717) is 11.9 Å². The van der Waals surface area contributed by atoms with Crippen molar-refractivity contribution < 1.29 is 0 Å². The van der Waals surface area contributed by atoms with Gasteiger partial charge in [-0.1, -0.05) is 0 Å². The summed E-state index contributed by atoms with van der Waals surface area (Å²) >= 11 is 5.70. The van der Waals surface area contributed by atoms with Gasteiger partial charge in [0.25, 0.3) is 0 Å². The van der Waals surface area contributed by atoms with E-state index in [2.05, 4.69) is 34.1 Å². The fourth-order valence-corrected chi connectivity index (χ4v) is 2.32. The van der Waals surface area contributed by atoms with Gasteiger partial charge in [-0.15, -0.1) is 16.7 Å². The maximum Gasteiger partial charge on any atom is 0.151 e. The number of rotatable bonds is 3. The van der Waals surface area contributed by atoms with E-state index in [0.717, 1.165) is 24.6 Å². The van der Waals surface area contributed by atoms with Gasteiger partial charge in [0.2, 0.25) is 0 Å². The molecule has 1 saturated heterocycles. The molecule has 0 bridgehead atoms. The second-order valence-corrected chi connectivity index (χ2v) is 4.93. The third kappa shape index (κ3) is 3.07. The lowest BCUT2D eigenvalue weighted by molar-refractivity contribution is 0.252. The zero-order valence-corrected chi connectivity index (χ0v) is 11.2. The van der Waals surface area contributed by atoms with Crippen LogP contribution in [0.15, 0.2) is 12.1 Å². The van der Waals surface area contributed by atoms with Crippen LogP contribution in [0.5, 0.6) is 0 Å². The molecule has 17 heavy (non-hydrogen) atoms. The van der Waals surface area contributed by atoms with Gasteiger partial charge in [-0.25, -0.2) is 0 Å². The summed E-state index contributed by atoms with van der Waals surface area (Å²) in [5, 5.41) is 8.32. The lowest BCUT2D eigenvalue weighted by Crippen LogP contribution is -2.42. The van der Waals surface area contributed by atoms with E-state index in [9.17, 15) is 0 Å². The molecule has 1 aliphatic heterocycles. The SMILES string of the molecule is CN1CCC(N(C)c2ccc(CCl)nn2)CC1. The van der Waals surface area contributed by atoms with E-state index < -0.39 is 0 Å². The summed E-state index contributed by atoms with van der Waals surface area (Å²) in [4.78, 5) is 4.60. The zero-order chi connectivity index (χ0) is 12.3. The molecule has 2 rings (SSSR count). The highest BCUT2D eigenvalue weighted by Crippen LogP contribution is 2.19. The molecule has 0 aromatic carbocycles. The zero-order valence-electron chi connectivity index (χ0n) is 10.4. The van der Waals surface area contributed by atoms with Gasteiger partial charge in [0.15, 0.2) is 5.82 Å². The molecule has 2 heterocycles. The fourth-order valence-electron chi connectivity index (χ4n) is 2.18. The molecule has 0 spiro atoms. The number of halogens is 1. The Labute approximate surface area is 108 Å². The van der Waals surface area contributed by atoms with E-state index in [1.807, 2.05) is 12.1 Å². The molecule has 1 aromatic rings. The Morgan fingerprint density at radius 1 is 1.35 bits per heavy atom. The van der Waals surface area contributed by atoms with Gasteiger partial charge < -0.3 is 9.80 Å². The van der Waals surface area contributed by atoms with E-state index in [1.165, 1.54) is 12.8 Å². The lowest BCUT2D eigenvalue weighted by atomic mass is 10.0. The quantitative estimate of drug-likeness (QED) is 0.770. The van der Waals surface area contributed by atoms with Crippen molar-refractivity contribution in [2.75, 3.05) is 32.1 Å². The summed E-state index contributed by atoms with van der Waals surface area (Å²) in [7, 11) is 4.27.